The molecule has 0 saturated heterocycles. The second-order valence-corrected chi connectivity index (χ2v) is 12.7. The minimum absolute atomic E-state index is 0.0479. The number of ether oxygens (including phenoxy) is 3. The third-order valence-corrected chi connectivity index (χ3v) is 7.01. The summed E-state index contributed by atoms with van der Waals surface area (Å²) in [5, 5.41) is 13.2. The zero-order chi connectivity index (χ0) is 31.0. The van der Waals surface area contributed by atoms with Gasteiger partial charge in [0.05, 0.1) is 13.2 Å². The van der Waals surface area contributed by atoms with Gasteiger partial charge in [0.2, 0.25) is 0 Å². The third-order valence-electron chi connectivity index (χ3n) is 6.11. The maximum Gasteiger partial charge on any atom is 0.332 e. The van der Waals surface area contributed by atoms with Gasteiger partial charge < -0.3 is 14.2 Å². The molecule has 0 atom stereocenters. The monoisotopic (exact) mass is 624 g/mol. The molecule has 0 aliphatic carbocycles. The molecule has 0 unspecified atom stereocenters. The molecule has 42 heavy (non-hydrogen) atoms. The first kappa shape index (κ1) is 41.2. The number of carbonyl (C=O) groups is 2. The molecule has 0 bridgehead atoms. The Morgan fingerprint density at radius 2 is 0.976 bits per heavy atom. The van der Waals surface area contributed by atoms with E-state index in [4.69, 9.17) is 19.1 Å². The standard InChI is InChI=1S/C31H60O10S/c1-29(32)42-27-21-17-13-9-5-6-10-14-18-22-34-23-19-15-11-7-8-12-16-20-24-36-39-41-40-37-26-25-35-28-30(33)38-31(2,3)4/h5-28H2,1-4H3. The molecule has 0 spiro atoms. The van der Waals surface area contributed by atoms with Crippen molar-refractivity contribution in [2.24, 2.45) is 0 Å². The zero-order valence-corrected chi connectivity index (χ0v) is 27.8. The second kappa shape index (κ2) is 31.6. The Morgan fingerprint density at radius 1 is 0.524 bits per heavy atom. The molecule has 10 nitrogen and oxygen atoms in total. The van der Waals surface area contributed by atoms with Gasteiger partial charge in [-0.1, -0.05) is 95.2 Å². The fraction of sp³-hybridized carbons (Fsp3) is 0.935. The van der Waals surface area contributed by atoms with Crippen molar-refractivity contribution in [3.8, 4) is 0 Å². The molecular formula is C31H60O10S. The molecule has 0 aliphatic rings. The van der Waals surface area contributed by atoms with Crippen molar-refractivity contribution < 1.29 is 48.7 Å². The topological polar surface area (TPSA) is 108 Å². The van der Waals surface area contributed by atoms with Crippen LogP contribution in [-0.4, -0.2) is 62.1 Å². The average Bonchev–Trinajstić information content (AvgIpc) is 2.92. The third kappa shape index (κ3) is 37.2. The number of carbonyl (C=O) groups excluding carboxylic acids is 2. The quantitative estimate of drug-likeness (QED) is 0.0314. The van der Waals surface area contributed by atoms with Gasteiger partial charge in [0.15, 0.2) is 5.12 Å². The van der Waals surface area contributed by atoms with E-state index in [2.05, 4.69) is 20.0 Å². The van der Waals surface area contributed by atoms with E-state index in [0.717, 1.165) is 38.2 Å². The van der Waals surface area contributed by atoms with E-state index < -0.39 is 11.6 Å². The van der Waals surface area contributed by atoms with E-state index in [-0.39, 0.29) is 24.9 Å². The van der Waals surface area contributed by atoms with E-state index in [0.29, 0.717) is 6.61 Å². The van der Waals surface area contributed by atoms with Gasteiger partial charge >= 0.3 is 5.97 Å². The Balaban J connectivity index is 3.10. The molecule has 0 saturated carbocycles. The lowest BCUT2D eigenvalue weighted by Gasteiger charge is -2.19. The normalized spacial score (nSPS) is 11.7. The molecule has 0 heterocycles. The van der Waals surface area contributed by atoms with Gasteiger partial charge in [-0.05, 0) is 61.6 Å². The number of thioether (sulfide) groups is 1. The number of unbranched alkanes of at least 4 members (excludes halogenated alkanes) is 15. The van der Waals surface area contributed by atoms with Crippen LogP contribution in [0.1, 0.15) is 137 Å². The van der Waals surface area contributed by atoms with Crippen LogP contribution in [0.4, 0.5) is 0 Å². The van der Waals surface area contributed by atoms with Gasteiger partial charge in [-0.25, -0.2) is 14.6 Å². The van der Waals surface area contributed by atoms with Crippen molar-refractivity contribution in [1.29, 1.82) is 0 Å². The SMILES string of the molecule is CC(=O)SCCCCCCCCCCCOCCCCCCCCCCOOOOOCCOCC(=O)OC(C)(C)C. The summed E-state index contributed by atoms with van der Waals surface area (Å²) in [6.45, 7) is 9.22. The van der Waals surface area contributed by atoms with Crippen LogP contribution < -0.4 is 0 Å². The van der Waals surface area contributed by atoms with Gasteiger partial charge in [-0.3, -0.25) is 4.79 Å². The Bertz CT molecular complexity index is 601. The Kier molecular flexibility index (Phi) is 31.0. The number of rotatable bonds is 32. The second-order valence-electron chi connectivity index (χ2n) is 11.4. The average molecular weight is 625 g/mol. The first-order chi connectivity index (χ1) is 20.3. The van der Waals surface area contributed by atoms with E-state index in [1.54, 1.807) is 27.7 Å². The summed E-state index contributed by atoms with van der Waals surface area (Å²) < 4.78 is 16.0. The molecule has 250 valence electrons. The molecule has 0 aliphatic heterocycles. The predicted molar refractivity (Wildman–Crippen MR) is 164 cm³/mol. The van der Waals surface area contributed by atoms with Crippen LogP contribution in [0.15, 0.2) is 0 Å². The number of hydrogen-bond acceptors (Lipinski definition) is 11. The van der Waals surface area contributed by atoms with Gasteiger partial charge in [0.1, 0.15) is 18.8 Å². The Morgan fingerprint density at radius 3 is 1.48 bits per heavy atom. The van der Waals surface area contributed by atoms with Crippen molar-refractivity contribution in [3.05, 3.63) is 0 Å². The lowest BCUT2D eigenvalue weighted by molar-refractivity contribution is -0.708. The number of esters is 1. The minimum Gasteiger partial charge on any atom is -0.458 e. The summed E-state index contributed by atoms with van der Waals surface area (Å²) in [4.78, 5) is 31.8. The van der Waals surface area contributed by atoms with Gasteiger partial charge in [-0.2, -0.15) is 0 Å². The summed E-state index contributed by atoms with van der Waals surface area (Å²) >= 11 is 1.45. The molecule has 0 aromatic carbocycles. The van der Waals surface area contributed by atoms with Crippen molar-refractivity contribution in [3.63, 3.8) is 0 Å². The van der Waals surface area contributed by atoms with Crippen LogP contribution in [0.5, 0.6) is 0 Å². The minimum atomic E-state index is -0.540. The molecular weight excluding hydrogens is 564 g/mol. The largest absolute Gasteiger partial charge is 0.458 e. The molecule has 0 rings (SSSR count). The smallest absolute Gasteiger partial charge is 0.332 e. The summed E-state index contributed by atoms with van der Waals surface area (Å²) in [6, 6.07) is 0. The summed E-state index contributed by atoms with van der Waals surface area (Å²) in [7, 11) is 0. The van der Waals surface area contributed by atoms with Crippen molar-refractivity contribution >= 4 is 22.8 Å². The number of hydrogen-bond donors (Lipinski definition) is 0. The zero-order valence-electron chi connectivity index (χ0n) is 27.0. The molecule has 0 aromatic rings. The van der Waals surface area contributed by atoms with Crippen LogP contribution in [0, 0.1) is 0 Å². The van der Waals surface area contributed by atoms with E-state index in [9.17, 15) is 9.59 Å². The maximum atomic E-state index is 11.4. The van der Waals surface area contributed by atoms with E-state index in [1.165, 1.54) is 102 Å². The first-order valence-corrected chi connectivity index (χ1v) is 17.0. The van der Waals surface area contributed by atoms with Gasteiger partial charge in [0.25, 0.3) is 0 Å². The molecule has 0 amide bonds. The van der Waals surface area contributed by atoms with Crippen LogP contribution in [0.2, 0.25) is 0 Å². The fourth-order valence-electron chi connectivity index (χ4n) is 4.03. The highest BCUT2D eigenvalue weighted by molar-refractivity contribution is 8.13. The van der Waals surface area contributed by atoms with Crippen molar-refractivity contribution in [2.45, 2.75) is 142 Å². The van der Waals surface area contributed by atoms with Crippen LogP contribution in [0.25, 0.3) is 0 Å². The predicted octanol–water partition coefficient (Wildman–Crippen LogP) is 8.02. The Hall–Kier alpha value is -0.790. The van der Waals surface area contributed by atoms with Gasteiger partial charge in [0, 0.05) is 25.9 Å². The molecule has 0 radical (unpaired) electrons. The van der Waals surface area contributed by atoms with Crippen LogP contribution in [-0.2, 0) is 48.7 Å². The van der Waals surface area contributed by atoms with Crippen LogP contribution in [0.3, 0.4) is 0 Å². The molecule has 0 aromatic heterocycles. The van der Waals surface area contributed by atoms with Crippen molar-refractivity contribution in [2.75, 3.05) is 45.4 Å². The lowest BCUT2D eigenvalue weighted by Crippen LogP contribution is -2.27. The van der Waals surface area contributed by atoms with Crippen molar-refractivity contribution in [1.82, 2.24) is 0 Å². The highest BCUT2D eigenvalue weighted by Crippen LogP contribution is 2.13. The molecule has 0 fully saturated rings. The lowest BCUT2D eigenvalue weighted by atomic mass is 10.1. The van der Waals surface area contributed by atoms with Crippen LogP contribution >= 0.6 is 11.8 Å². The molecule has 0 N–H and O–H groups in total. The highest BCUT2D eigenvalue weighted by Gasteiger charge is 2.15. The van der Waals surface area contributed by atoms with Gasteiger partial charge in [-0.15, -0.1) is 0 Å². The Labute approximate surface area is 259 Å². The summed E-state index contributed by atoms with van der Waals surface area (Å²) in [6.07, 6.45) is 20.7. The maximum absolute atomic E-state index is 11.4. The molecule has 11 heteroatoms. The summed E-state index contributed by atoms with van der Waals surface area (Å²) in [5.74, 6) is 0.540. The first-order valence-electron chi connectivity index (χ1n) is 16.1. The highest BCUT2D eigenvalue weighted by atomic mass is 32.2. The summed E-state index contributed by atoms with van der Waals surface area (Å²) in [5.41, 5.74) is -0.540. The fourth-order valence-corrected chi connectivity index (χ4v) is 4.66. The van der Waals surface area contributed by atoms with E-state index >= 15 is 0 Å². The van der Waals surface area contributed by atoms with E-state index in [1.807, 2.05) is 0 Å².